The number of aromatic nitrogens is 1. The van der Waals surface area contributed by atoms with Gasteiger partial charge in [0.2, 0.25) is 0 Å². The van der Waals surface area contributed by atoms with Gasteiger partial charge in [0.1, 0.15) is 11.3 Å². The number of pyridine rings is 1. The van der Waals surface area contributed by atoms with Gasteiger partial charge in [-0.2, -0.15) is 5.26 Å². The Morgan fingerprint density at radius 3 is 2.79 bits per heavy atom. The van der Waals surface area contributed by atoms with E-state index in [1.54, 1.807) is 6.07 Å². The number of hydrogen-bond donors (Lipinski definition) is 2. The molecule has 14 heavy (non-hydrogen) atoms. The highest BCUT2D eigenvalue weighted by Gasteiger charge is 2.19. The van der Waals surface area contributed by atoms with E-state index in [-0.39, 0.29) is 12.0 Å². The average molecular weight is 200 g/mol. The summed E-state index contributed by atoms with van der Waals surface area (Å²) in [6.07, 6.45) is -2.24. The van der Waals surface area contributed by atoms with Crippen molar-refractivity contribution in [2.45, 2.75) is 12.8 Å². The second-order valence-corrected chi connectivity index (χ2v) is 2.54. The van der Waals surface area contributed by atoms with Crippen molar-refractivity contribution in [2.75, 3.05) is 0 Å². The first-order valence-corrected chi connectivity index (χ1v) is 3.66. The van der Waals surface area contributed by atoms with Gasteiger partial charge in [-0.1, -0.05) is 0 Å². The molecule has 74 valence electrons. The molecule has 1 aromatic rings. The van der Waals surface area contributed by atoms with Gasteiger partial charge in [-0.15, -0.1) is 0 Å². The zero-order chi connectivity index (χ0) is 10.7. The fourth-order valence-electron chi connectivity index (χ4n) is 1.00. The number of nitriles is 1. The standard InChI is InChI=1S/C8H6F2N2O2/c9-7(10)5-6(13)4(1-2-11)3-12-8(5)14/h3,7H,1H2,(H2,12,13,14). The molecule has 0 unspecified atom stereocenters. The van der Waals surface area contributed by atoms with Crippen molar-refractivity contribution >= 4 is 0 Å². The second kappa shape index (κ2) is 3.87. The number of rotatable bonds is 2. The SMILES string of the molecule is N#CCc1c[nH]c(=O)c(C(F)F)c1O. The fraction of sp³-hybridized carbons (Fsp3) is 0.250. The van der Waals surface area contributed by atoms with Crippen LogP contribution in [0, 0.1) is 11.3 Å². The summed E-state index contributed by atoms with van der Waals surface area (Å²) in [4.78, 5) is 12.9. The van der Waals surface area contributed by atoms with Crippen LogP contribution in [0.3, 0.4) is 0 Å². The maximum Gasteiger partial charge on any atom is 0.272 e. The van der Waals surface area contributed by atoms with E-state index in [0.717, 1.165) is 6.20 Å². The molecule has 4 nitrogen and oxygen atoms in total. The topological polar surface area (TPSA) is 76.9 Å². The minimum atomic E-state index is -3.06. The molecule has 0 aliphatic rings. The summed E-state index contributed by atoms with van der Waals surface area (Å²) in [7, 11) is 0. The second-order valence-electron chi connectivity index (χ2n) is 2.54. The Morgan fingerprint density at radius 1 is 1.64 bits per heavy atom. The lowest BCUT2D eigenvalue weighted by Crippen LogP contribution is -2.13. The van der Waals surface area contributed by atoms with Crippen molar-refractivity contribution in [3.8, 4) is 11.8 Å². The molecule has 1 aromatic heterocycles. The van der Waals surface area contributed by atoms with Gasteiger partial charge >= 0.3 is 0 Å². The molecule has 0 aliphatic heterocycles. The number of halogens is 2. The summed E-state index contributed by atoms with van der Waals surface area (Å²) in [6, 6.07) is 1.68. The van der Waals surface area contributed by atoms with Gasteiger partial charge < -0.3 is 10.1 Å². The van der Waals surface area contributed by atoms with Crippen molar-refractivity contribution in [3.63, 3.8) is 0 Å². The molecule has 0 radical (unpaired) electrons. The van der Waals surface area contributed by atoms with Gasteiger partial charge in [-0.3, -0.25) is 4.79 Å². The van der Waals surface area contributed by atoms with Gasteiger partial charge in [0, 0.05) is 11.8 Å². The number of hydrogen-bond acceptors (Lipinski definition) is 3. The van der Waals surface area contributed by atoms with Crippen molar-refractivity contribution in [3.05, 3.63) is 27.7 Å². The largest absolute Gasteiger partial charge is 0.507 e. The Hall–Kier alpha value is -1.90. The summed E-state index contributed by atoms with van der Waals surface area (Å²) in [5.74, 6) is -0.801. The molecule has 0 saturated heterocycles. The number of H-pyrrole nitrogens is 1. The monoisotopic (exact) mass is 200 g/mol. The highest BCUT2D eigenvalue weighted by molar-refractivity contribution is 5.39. The summed E-state index contributed by atoms with van der Waals surface area (Å²) >= 11 is 0. The van der Waals surface area contributed by atoms with Gasteiger partial charge in [0.15, 0.2) is 0 Å². The first-order chi connectivity index (χ1) is 6.57. The summed E-state index contributed by atoms with van der Waals surface area (Å²) in [6.45, 7) is 0. The van der Waals surface area contributed by atoms with E-state index < -0.39 is 23.3 Å². The Morgan fingerprint density at radius 2 is 2.29 bits per heavy atom. The summed E-state index contributed by atoms with van der Waals surface area (Å²) in [5.41, 5.74) is -2.04. The van der Waals surface area contributed by atoms with Crippen LogP contribution in [0.2, 0.25) is 0 Å². The van der Waals surface area contributed by atoms with Gasteiger partial charge in [0.05, 0.1) is 12.5 Å². The molecule has 0 aliphatic carbocycles. The predicted octanol–water partition coefficient (Wildman–Crippen LogP) is 1.08. The Labute approximate surface area is 77.4 Å². The number of alkyl halides is 2. The van der Waals surface area contributed by atoms with Crippen molar-refractivity contribution < 1.29 is 13.9 Å². The summed E-state index contributed by atoms with van der Waals surface area (Å²) < 4.78 is 24.5. The van der Waals surface area contributed by atoms with Crippen molar-refractivity contribution in [1.82, 2.24) is 4.98 Å². The van der Waals surface area contributed by atoms with E-state index in [1.807, 2.05) is 4.98 Å². The van der Waals surface area contributed by atoms with Gasteiger partial charge in [0.25, 0.3) is 12.0 Å². The van der Waals surface area contributed by atoms with Crippen LogP contribution in [-0.2, 0) is 6.42 Å². The average Bonchev–Trinajstić information content (AvgIpc) is 2.10. The Balaban J connectivity index is 3.35. The van der Waals surface area contributed by atoms with Gasteiger partial charge in [-0.05, 0) is 0 Å². The number of nitrogens with zero attached hydrogens (tertiary/aromatic N) is 1. The molecule has 0 amide bonds. The fourth-order valence-corrected chi connectivity index (χ4v) is 1.00. The first-order valence-electron chi connectivity index (χ1n) is 3.66. The minimum Gasteiger partial charge on any atom is -0.507 e. The van der Waals surface area contributed by atoms with E-state index >= 15 is 0 Å². The molecule has 1 rings (SSSR count). The van der Waals surface area contributed by atoms with Crippen LogP contribution in [0.4, 0.5) is 8.78 Å². The van der Waals surface area contributed by atoms with Crippen LogP contribution in [-0.4, -0.2) is 10.1 Å². The molecule has 1 heterocycles. The lowest BCUT2D eigenvalue weighted by molar-refractivity contribution is 0.145. The van der Waals surface area contributed by atoms with E-state index in [0.29, 0.717) is 0 Å². The van der Waals surface area contributed by atoms with E-state index in [1.165, 1.54) is 0 Å². The quantitative estimate of drug-likeness (QED) is 0.749. The highest BCUT2D eigenvalue weighted by atomic mass is 19.3. The Bertz CT molecular complexity index is 434. The molecule has 0 aromatic carbocycles. The van der Waals surface area contributed by atoms with Crippen molar-refractivity contribution in [2.24, 2.45) is 0 Å². The van der Waals surface area contributed by atoms with Gasteiger partial charge in [-0.25, -0.2) is 8.78 Å². The van der Waals surface area contributed by atoms with E-state index in [9.17, 15) is 18.7 Å². The van der Waals surface area contributed by atoms with E-state index in [4.69, 9.17) is 5.26 Å². The first kappa shape index (κ1) is 10.2. The zero-order valence-electron chi connectivity index (χ0n) is 6.92. The van der Waals surface area contributed by atoms with Crippen LogP contribution >= 0.6 is 0 Å². The smallest absolute Gasteiger partial charge is 0.272 e. The molecular weight excluding hydrogens is 194 g/mol. The molecular formula is C8H6F2N2O2. The maximum atomic E-state index is 12.2. The van der Waals surface area contributed by atoms with Crippen LogP contribution in [0.1, 0.15) is 17.6 Å². The molecule has 0 bridgehead atoms. The molecule has 0 atom stereocenters. The van der Waals surface area contributed by atoms with Crippen LogP contribution in [0.5, 0.6) is 5.75 Å². The summed E-state index contributed by atoms with van der Waals surface area (Å²) in [5, 5.41) is 17.5. The molecule has 6 heteroatoms. The number of nitrogens with one attached hydrogen (secondary N) is 1. The van der Waals surface area contributed by atoms with Crippen LogP contribution in [0.15, 0.2) is 11.0 Å². The molecule has 0 fully saturated rings. The van der Waals surface area contributed by atoms with Crippen LogP contribution in [0.25, 0.3) is 0 Å². The third-order valence-electron chi connectivity index (χ3n) is 1.67. The lowest BCUT2D eigenvalue weighted by Gasteiger charge is -2.04. The number of aromatic amines is 1. The lowest BCUT2D eigenvalue weighted by atomic mass is 10.1. The molecule has 2 N–H and O–H groups in total. The maximum absolute atomic E-state index is 12.2. The van der Waals surface area contributed by atoms with Crippen molar-refractivity contribution in [1.29, 1.82) is 5.26 Å². The zero-order valence-corrected chi connectivity index (χ0v) is 6.92. The normalized spacial score (nSPS) is 10.1. The third kappa shape index (κ3) is 1.71. The number of aromatic hydroxyl groups is 1. The Kier molecular flexibility index (Phi) is 2.82. The van der Waals surface area contributed by atoms with E-state index in [2.05, 4.69) is 0 Å². The predicted molar refractivity (Wildman–Crippen MR) is 43.0 cm³/mol. The van der Waals surface area contributed by atoms with Crippen LogP contribution < -0.4 is 5.56 Å². The highest BCUT2D eigenvalue weighted by Crippen LogP contribution is 2.27. The molecule has 0 saturated carbocycles. The minimum absolute atomic E-state index is 0.0117. The third-order valence-corrected chi connectivity index (χ3v) is 1.67. The molecule has 0 spiro atoms.